The molecule has 2 aromatic rings. The zero-order valence-corrected chi connectivity index (χ0v) is 13.8. The fourth-order valence-electron chi connectivity index (χ4n) is 2.43. The van der Waals surface area contributed by atoms with Gasteiger partial charge >= 0.3 is 0 Å². The second-order valence-electron chi connectivity index (χ2n) is 5.71. The van der Waals surface area contributed by atoms with Crippen molar-refractivity contribution in [3.8, 4) is 0 Å². The topological polar surface area (TPSA) is 58.2 Å². The quantitative estimate of drug-likeness (QED) is 0.865. The predicted molar refractivity (Wildman–Crippen MR) is 93.8 cm³/mol. The van der Waals surface area contributed by atoms with Crippen LogP contribution >= 0.6 is 0 Å². The molecule has 4 heteroatoms. The number of carbonyl (C=O) groups excluding carboxylic acids is 2. The highest BCUT2D eigenvalue weighted by molar-refractivity contribution is 6.05. The van der Waals surface area contributed by atoms with E-state index < -0.39 is 0 Å². The fraction of sp³-hybridized carbons (Fsp3) is 0.263. The number of hydrogen-bond acceptors (Lipinski definition) is 2. The summed E-state index contributed by atoms with van der Waals surface area (Å²) in [6, 6.07) is 12.9. The van der Waals surface area contributed by atoms with E-state index in [2.05, 4.69) is 10.6 Å². The first-order valence-electron chi connectivity index (χ1n) is 7.77. The lowest BCUT2D eigenvalue weighted by Crippen LogP contribution is -2.13. The van der Waals surface area contributed by atoms with Crippen molar-refractivity contribution < 1.29 is 9.59 Å². The summed E-state index contributed by atoms with van der Waals surface area (Å²) < 4.78 is 0. The maximum Gasteiger partial charge on any atom is 0.255 e. The summed E-state index contributed by atoms with van der Waals surface area (Å²) in [4.78, 5) is 24.0. The molecule has 0 saturated heterocycles. The van der Waals surface area contributed by atoms with Crippen LogP contribution in [0, 0.1) is 13.8 Å². The Kier molecular flexibility index (Phi) is 5.52. The van der Waals surface area contributed by atoms with Crippen molar-refractivity contribution in [1.82, 2.24) is 0 Å². The molecule has 0 bridgehead atoms. The van der Waals surface area contributed by atoms with Gasteiger partial charge in [0.05, 0.1) is 0 Å². The Morgan fingerprint density at radius 2 is 1.52 bits per heavy atom. The highest BCUT2D eigenvalue weighted by atomic mass is 16.2. The standard InChI is InChI=1S/C19H22N2O2/c1-4-6-18(22)20-16-7-5-8-17(12-16)21-19(23)15-10-13(2)9-14(3)11-15/h5,7-12H,4,6H2,1-3H3,(H,20,22)(H,21,23). The Bertz CT molecular complexity index is 703. The predicted octanol–water partition coefficient (Wildman–Crippen LogP) is 4.29. The molecule has 0 spiro atoms. The highest BCUT2D eigenvalue weighted by Gasteiger charge is 2.08. The largest absolute Gasteiger partial charge is 0.326 e. The second-order valence-corrected chi connectivity index (χ2v) is 5.71. The molecule has 120 valence electrons. The van der Waals surface area contributed by atoms with E-state index in [4.69, 9.17) is 0 Å². The van der Waals surface area contributed by atoms with Crippen molar-refractivity contribution in [1.29, 1.82) is 0 Å². The van der Waals surface area contributed by atoms with Gasteiger partial charge in [-0.15, -0.1) is 0 Å². The smallest absolute Gasteiger partial charge is 0.255 e. The number of nitrogens with one attached hydrogen (secondary N) is 2. The van der Waals surface area contributed by atoms with Gasteiger partial charge in [-0.2, -0.15) is 0 Å². The van der Waals surface area contributed by atoms with Crippen LogP contribution < -0.4 is 10.6 Å². The van der Waals surface area contributed by atoms with E-state index in [1.54, 1.807) is 24.3 Å². The molecular weight excluding hydrogens is 288 g/mol. The number of anilines is 2. The van der Waals surface area contributed by atoms with Gasteiger partial charge in [0.1, 0.15) is 0 Å². The van der Waals surface area contributed by atoms with Gasteiger partial charge in [0.15, 0.2) is 0 Å². The molecule has 2 N–H and O–H groups in total. The first kappa shape index (κ1) is 16.7. The molecule has 0 saturated carbocycles. The van der Waals surface area contributed by atoms with E-state index in [9.17, 15) is 9.59 Å². The van der Waals surface area contributed by atoms with E-state index in [1.807, 2.05) is 39.0 Å². The van der Waals surface area contributed by atoms with Crippen LogP contribution in [0.3, 0.4) is 0 Å². The van der Waals surface area contributed by atoms with Crippen LogP contribution in [0.4, 0.5) is 11.4 Å². The molecule has 2 rings (SSSR count). The molecule has 0 atom stereocenters. The Morgan fingerprint density at radius 1 is 0.913 bits per heavy atom. The van der Waals surface area contributed by atoms with E-state index in [1.165, 1.54) is 0 Å². The van der Waals surface area contributed by atoms with Crippen LogP contribution in [0.5, 0.6) is 0 Å². The van der Waals surface area contributed by atoms with Gasteiger partial charge in [0, 0.05) is 23.4 Å². The molecule has 2 aromatic carbocycles. The molecule has 0 aliphatic carbocycles. The second kappa shape index (κ2) is 7.58. The van der Waals surface area contributed by atoms with Crippen molar-refractivity contribution in [2.75, 3.05) is 10.6 Å². The normalized spacial score (nSPS) is 10.2. The van der Waals surface area contributed by atoms with Crippen molar-refractivity contribution in [2.45, 2.75) is 33.6 Å². The SMILES string of the molecule is CCCC(=O)Nc1cccc(NC(=O)c2cc(C)cc(C)c2)c1. The Labute approximate surface area is 136 Å². The van der Waals surface area contributed by atoms with Crippen molar-refractivity contribution in [2.24, 2.45) is 0 Å². The van der Waals surface area contributed by atoms with E-state index in [0.717, 1.165) is 17.5 Å². The molecular formula is C19H22N2O2. The molecule has 23 heavy (non-hydrogen) atoms. The minimum atomic E-state index is -0.158. The van der Waals surface area contributed by atoms with E-state index in [0.29, 0.717) is 23.4 Å². The summed E-state index contributed by atoms with van der Waals surface area (Å²) in [5.41, 5.74) is 4.07. The monoisotopic (exact) mass is 310 g/mol. The number of benzene rings is 2. The lowest BCUT2D eigenvalue weighted by Gasteiger charge is -2.09. The van der Waals surface area contributed by atoms with Crippen LogP contribution in [0.15, 0.2) is 42.5 Å². The van der Waals surface area contributed by atoms with Gasteiger partial charge in [0.2, 0.25) is 5.91 Å². The Hall–Kier alpha value is -2.62. The van der Waals surface area contributed by atoms with Crippen molar-refractivity contribution >= 4 is 23.2 Å². The van der Waals surface area contributed by atoms with Gasteiger partial charge in [-0.1, -0.05) is 30.2 Å². The molecule has 0 heterocycles. The van der Waals surface area contributed by atoms with Gasteiger partial charge in [-0.05, 0) is 50.6 Å². The zero-order chi connectivity index (χ0) is 16.8. The third-order valence-corrected chi connectivity index (χ3v) is 3.37. The number of hydrogen-bond donors (Lipinski definition) is 2. The number of aryl methyl sites for hydroxylation is 2. The van der Waals surface area contributed by atoms with Crippen molar-refractivity contribution in [3.05, 3.63) is 59.2 Å². The molecule has 2 amide bonds. The first-order valence-corrected chi connectivity index (χ1v) is 7.77. The maximum absolute atomic E-state index is 12.4. The summed E-state index contributed by atoms with van der Waals surface area (Å²) >= 11 is 0. The zero-order valence-electron chi connectivity index (χ0n) is 13.8. The summed E-state index contributed by atoms with van der Waals surface area (Å²) in [7, 11) is 0. The van der Waals surface area contributed by atoms with Crippen molar-refractivity contribution in [3.63, 3.8) is 0 Å². The third-order valence-electron chi connectivity index (χ3n) is 3.37. The molecule has 0 aliphatic rings. The van der Waals surface area contributed by atoms with Gasteiger partial charge in [-0.3, -0.25) is 9.59 Å². The molecule has 0 aliphatic heterocycles. The molecule has 0 unspecified atom stereocenters. The van der Waals surface area contributed by atoms with Crippen LogP contribution in [-0.2, 0) is 4.79 Å². The van der Waals surface area contributed by atoms with Crippen LogP contribution in [0.2, 0.25) is 0 Å². The first-order chi connectivity index (χ1) is 11.0. The van der Waals surface area contributed by atoms with Gasteiger partial charge in [0.25, 0.3) is 5.91 Å². The summed E-state index contributed by atoms with van der Waals surface area (Å²) in [6.45, 7) is 5.89. The van der Waals surface area contributed by atoms with Crippen LogP contribution in [0.1, 0.15) is 41.3 Å². The number of amides is 2. The highest BCUT2D eigenvalue weighted by Crippen LogP contribution is 2.17. The van der Waals surface area contributed by atoms with Gasteiger partial charge in [-0.25, -0.2) is 0 Å². The fourth-order valence-corrected chi connectivity index (χ4v) is 2.43. The van der Waals surface area contributed by atoms with Crippen LogP contribution in [0.25, 0.3) is 0 Å². The minimum Gasteiger partial charge on any atom is -0.326 e. The average Bonchev–Trinajstić information content (AvgIpc) is 2.46. The lowest BCUT2D eigenvalue weighted by molar-refractivity contribution is -0.116. The number of carbonyl (C=O) groups is 2. The van der Waals surface area contributed by atoms with E-state index in [-0.39, 0.29) is 11.8 Å². The summed E-state index contributed by atoms with van der Waals surface area (Å²) in [6.07, 6.45) is 1.29. The van der Waals surface area contributed by atoms with Gasteiger partial charge < -0.3 is 10.6 Å². The summed E-state index contributed by atoms with van der Waals surface area (Å²) in [5.74, 6) is -0.181. The van der Waals surface area contributed by atoms with Crippen LogP contribution in [-0.4, -0.2) is 11.8 Å². The molecule has 4 nitrogen and oxygen atoms in total. The molecule has 0 fully saturated rings. The van der Waals surface area contributed by atoms with E-state index >= 15 is 0 Å². The average molecular weight is 310 g/mol. The molecule has 0 aromatic heterocycles. The number of rotatable bonds is 5. The third kappa shape index (κ3) is 4.95. The Balaban J connectivity index is 2.10. The summed E-state index contributed by atoms with van der Waals surface area (Å²) in [5, 5.41) is 5.69. The Morgan fingerprint density at radius 3 is 2.13 bits per heavy atom. The minimum absolute atomic E-state index is 0.0229. The lowest BCUT2D eigenvalue weighted by atomic mass is 10.1. The molecule has 0 radical (unpaired) electrons. The maximum atomic E-state index is 12.4.